The molecule has 2 amide bonds. The summed E-state index contributed by atoms with van der Waals surface area (Å²) in [5, 5.41) is 5.74. The maximum atomic E-state index is 12.4. The molecule has 0 fully saturated rings. The van der Waals surface area contributed by atoms with Crippen LogP contribution in [0.1, 0.15) is 31.7 Å². The fourth-order valence-corrected chi connectivity index (χ4v) is 3.62. The number of carbonyl (C=O) groups is 2. The molecule has 4 nitrogen and oxygen atoms in total. The second kappa shape index (κ2) is 9.14. The van der Waals surface area contributed by atoms with Crippen molar-refractivity contribution >= 4 is 23.2 Å². The second-order valence-electron chi connectivity index (χ2n) is 6.31. The first kappa shape index (κ1) is 18.9. The number of hydrogen-bond acceptors (Lipinski definition) is 3. The Morgan fingerprint density at radius 2 is 1.59 bits per heavy atom. The zero-order valence-electron chi connectivity index (χ0n) is 15.1. The summed E-state index contributed by atoms with van der Waals surface area (Å²) in [7, 11) is 0. The summed E-state index contributed by atoms with van der Waals surface area (Å²) < 4.78 is 0. The first-order valence-electron chi connectivity index (χ1n) is 8.84. The van der Waals surface area contributed by atoms with Gasteiger partial charge in [0.2, 0.25) is 5.91 Å². The highest BCUT2D eigenvalue weighted by molar-refractivity contribution is 7.13. The van der Waals surface area contributed by atoms with Crippen LogP contribution in [0.3, 0.4) is 0 Å². The van der Waals surface area contributed by atoms with Gasteiger partial charge in [-0.15, -0.1) is 11.3 Å². The van der Waals surface area contributed by atoms with Gasteiger partial charge in [0.25, 0.3) is 5.91 Å². The number of hydrogen-bond donors (Lipinski definition) is 2. The minimum atomic E-state index is -0.220. The Labute approximate surface area is 163 Å². The topological polar surface area (TPSA) is 58.2 Å². The number of amides is 2. The highest BCUT2D eigenvalue weighted by Crippen LogP contribution is 2.18. The van der Waals surface area contributed by atoms with Gasteiger partial charge in [0.15, 0.2) is 0 Å². The minimum absolute atomic E-state index is 0.0477. The monoisotopic (exact) mass is 378 g/mol. The van der Waals surface area contributed by atoms with Gasteiger partial charge in [0.05, 0.1) is 17.5 Å². The molecule has 1 unspecified atom stereocenters. The Hall–Kier alpha value is -2.92. The maximum Gasteiger partial charge on any atom is 0.261 e. The molecule has 2 N–H and O–H groups in total. The van der Waals surface area contributed by atoms with E-state index in [9.17, 15) is 9.59 Å². The van der Waals surface area contributed by atoms with Crippen LogP contribution in [-0.4, -0.2) is 18.4 Å². The van der Waals surface area contributed by atoms with Crippen molar-refractivity contribution in [2.24, 2.45) is 0 Å². The zero-order chi connectivity index (χ0) is 19.1. The first-order valence-corrected chi connectivity index (χ1v) is 9.66. The molecule has 0 aliphatic carbocycles. The Kier molecular flexibility index (Phi) is 6.39. The summed E-state index contributed by atoms with van der Waals surface area (Å²) >= 11 is 1.42. The molecule has 0 saturated carbocycles. The average molecular weight is 378 g/mol. The van der Waals surface area contributed by atoms with Crippen molar-refractivity contribution in [2.75, 3.05) is 6.54 Å². The Balaban J connectivity index is 1.62. The van der Waals surface area contributed by atoms with Gasteiger partial charge < -0.3 is 10.6 Å². The molecule has 5 heteroatoms. The molecule has 138 valence electrons. The van der Waals surface area contributed by atoms with Gasteiger partial charge in [-0.25, -0.2) is 0 Å². The molecule has 3 aromatic rings. The lowest BCUT2D eigenvalue weighted by atomic mass is 9.99. The van der Waals surface area contributed by atoms with Crippen molar-refractivity contribution < 1.29 is 9.59 Å². The summed E-state index contributed by atoms with van der Waals surface area (Å²) in [6.45, 7) is 1.90. The number of benzene rings is 2. The van der Waals surface area contributed by atoms with E-state index in [0.717, 1.165) is 16.0 Å². The van der Waals surface area contributed by atoms with Crippen LogP contribution in [-0.2, 0) is 11.2 Å². The van der Waals surface area contributed by atoms with E-state index < -0.39 is 0 Å². The molecule has 0 saturated heterocycles. The van der Waals surface area contributed by atoms with Crippen LogP contribution in [0.25, 0.3) is 0 Å². The molecule has 0 spiro atoms. The number of carbonyl (C=O) groups excluding carboxylic acids is 2. The lowest BCUT2D eigenvalue weighted by Gasteiger charge is -2.19. The van der Waals surface area contributed by atoms with E-state index in [1.165, 1.54) is 11.3 Å². The molecule has 1 heterocycles. The average Bonchev–Trinajstić information content (AvgIpc) is 3.13. The summed E-state index contributed by atoms with van der Waals surface area (Å²) in [4.78, 5) is 26.2. The van der Waals surface area contributed by atoms with Crippen molar-refractivity contribution in [3.8, 4) is 0 Å². The molecule has 1 atom stereocenters. The minimum Gasteiger partial charge on any atom is -0.347 e. The van der Waals surface area contributed by atoms with Crippen molar-refractivity contribution in [1.82, 2.24) is 10.6 Å². The fraction of sp³-hybridized carbons (Fsp3) is 0.182. The molecule has 27 heavy (non-hydrogen) atoms. The van der Waals surface area contributed by atoms with Gasteiger partial charge in [-0.05, 0) is 36.6 Å². The Bertz CT molecular complexity index is 891. The lowest BCUT2D eigenvalue weighted by molar-refractivity contribution is -0.120. The third-order valence-corrected chi connectivity index (χ3v) is 5.19. The molecule has 0 bridgehead atoms. The van der Waals surface area contributed by atoms with Gasteiger partial charge in [-0.2, -0.15) is 0 Å². The van der Waals surface area contributed by atoms with Crippen molar-refractivity contribution in [2.45, 2.75) is 19.4 Å². The largest absolute Gasteiger partial charge is 0.347 e. The van der Waals surface area contributed by atoms with Crippen LogP contribution in [0, 0.1) is 6.92 Å². The normalized spacial score (nSPS) is 11.6. The van der Waals surface area contributed by atoms with E-state index in [-0.39, 0.29) is 24.4 Å². The van der Waals surface area contributed by atoms with Crippen LogP contribution < -0.4 is 10.6 Å². The third-order valence-electron chi connectivity index (χ3n) is 4.19. The summed E-state index contributed by atoms with van der Waals surface area (Å²) in [6.07, 6.45) is 0.689. The van der Waals surface area contributed by atoms with Crippen LogP contribution in [0.15, 0.2) is 72.8 Å². The zero-order valence-corrected chi connectivity index (χ0v) is 16.0. The van der Waals surface area contributed by atoms with E-state index in [2.05, 4.69) is 10.6 Å². The van der Waals surface area contributed by atoms with Crippen LogP contribution in [0.5, 0.6) is 0 Å². The van der Waals surface area contributed by atoms with Gasteiger partial charge >= 0.3 is 0 Å². The number of thiophene rings is 1. The molecule has 0 aliphatic heterocycles. The maximum absolute atomic E-state index is 12.4. The summed E-state index contributed by atoms with van der Waals surface area (Å²) in [5.41, 5.74) is 2.18. The molecular formula is C22H22N2O2S. The predicted octanol–water partition coefficient (Wildman–Crippen LogP) is 3.89. The van der Waals surface area contributed by atoms with Gasteiger partial charge in [0, 0.05) is 4.88 Å². The van der Waals surface area contributed by atoms with Crippen LogP contribution in [0.4, 0.5) is 0 Å². The molecule has 2 aromatic carbocycles. The second-order valence-corrected chi connectivity index (χ2v) is 7.60. The SMILES string of the molecule is Cc1ccc(C(=O)NCC(=O)NC(Cc2ccccc2)c2ccccc2)s1. The third kappa shape index (κ3) is 5.53. The molecule has 1 aromatic heterocycles. The quantitative estimate of drug-likeness (QED) is 0.655. The van der Waals surface area contributed by atoms with E-state index >= 15 is 0 Å². The highest BCUT2D eigenvalue weighted by Gasteiger charge is 2.16. The van der Waals surface area contributed by atoms with E-state index in [1.54, 1.807) is 6.07 Å². The number of aryl methyl sites for hydroxylation is 1. The van der Waals surface area contributed by atoms with Crippen molar-refractivity contribution in [3.05, 3.63) is 93.7 Å². The van der Waals surface area contributed by atoms with Gasteiger partial charge in [-0.1, -0.05) is 60.7 Å². The van der Waals surface area contributed by atoms with Gasteiger partial charge in [-0.3, -0.25) is 9.59 Å². The number of rotatable bonds is 7. The van der Waals surface area contributed by atoms with E-state index in [4.69, 9.17) is 0 Å². The summed E-state index contributed by atoms with van der Waals surface area (Å²) in [5.74, 6) is -0.427. The van der Waals surface area contributed by atoms with Crippen molar-refractivity contribution in [3.63, 3.8) is 0 Å². The van der Waals surface area contributed by atoms with E-state index in [0.29, 0.717) is 11.3 Å². The molecule has 0 aliphatic rings. The van der Waals surface area contributed by atoms with Crippen molar-refractivity contribution in [1.29, 1.82) is 0 Å². The Morgan fingerprint density at radius 3 is 2.22 bits per heavy atom. The Morgan fingerprint density at radius 1 is 0.926 bits per heavy atom. The predicted molar refractivity (Wildman–Crippen MR) is 109 cm³/mol. The molecule has 0 radical (unpaired) electrons. The van der Waals surface area contributed by atoms with Crippen LogP contribution in [0.2, 0.25) is 0 Å². The fourth-order valence-electron chi connectivity index (χ4n) is 2.84. The lowest BCUT2D eigenvalue weighted by Crippen LogP contribution is -2.39. The first-order chi connectivity index (χ1) is 13.1. The molecular weight excluding hydrogens is 356 g/mol. The van der Waals surface area contributed by atoms with E-state index in [1.807, 2.05) is 73.7 Å². The number of nitrogens with one attached hydrogen (secondary N) is 2. The summed E-state index contributed by atoms with van der Waals surface area (Å²) in [6, 6.07) is 23.4. The molecule has 3 rings (SSSR count). The van der Waals surface area contributed by atoms with Gasteiger partial charge in [0.1, 0.15) is 0 Å². The highest BCUT2D eigenvalue weighted by atomic mass is 32.1. The van der Waals surface area contributed by atoms with Crippen LogP contribution >= 0.6 is 11.3 Å². The standard InChI is InChI=1S/C22H22N2O2S/c1-16-12-13-20(27-16)22(26)23-15-21(25)24-19(18-10-6-3-7-11-18)14-17-8-4-2-5-9-17/h2-13,19H,14-15H2,1H3,(H,23,26)(H,24,25). The smallest absolute Gasteiger partial charge is 0.261 e.